The third kappa shape index (κ3) is 3.81. The zero-order chi connectivity index (χ0) is 18.6. The molecule has 8 nitrogen and oxygen atoms in total. The highest BCUT2D eigenvalue weighted by Crippen LogP contribution is 2.29. The topological polar surface area (TPSA) is 132 Å². The lowest BCUT2D eigenvalue weighted by Crippen LogP contribution is -2.16. The maximum Gasteiger partial charge on any atom is 0.337 e. The third-order valence-electron chi connectivity index (χ3n) is 3.30. The Bertz CT molecular complexity index is 964. The second-order valence-electron chi connectivity index (χ2n) is 4.88. The van der Waals surface area contributed by atoms with Crippen molar-refractivity contribution < 1.29 is 22.7 Å². The summed E-state index contributed by atoms with van der Waals surface area (Å²) in [4.78, 5) is 11.4. The highest BCUT2D eigenvalue weighted by molar-refractivity contribution is 7.92. The van der Waals surface area contributed by atoms with Gasteiger partial charge in [0.15, 0.2) is 0 Å². The Hall–Kier alpha value is -3.25. The predicted molar refractivity (Wildman–Crippen MR) is 90.7 cm³/mol. The first kappa shape index (κ1) is 18.1. The molecule has 0 aliphatic rings. The first-order valence-corrected chi connectivity index (χ1v) is 8.39. The molecule has 2 aromatic carbocycles. The number of anilines is 2. The molecule has 25 heavy (non-hydrogen) atoms. The van der Waals surface area contributed by atoms with Gasteiger partial charge in [-0.25, -0.2) is 13.2 Å². The summed E-state index contributed by atoms with van der Waals surface area (Å²) >= 11 is 0. The first-order chi connectivity index (χ1) is 11.8. The molecule has 0 fully saturated rings. The number of sulfonamides is 1. The maximum absolute atomic E-state index is 12.7. The number of carbonyl (C=O) groups is 1. The van der Waals surface area contributed by atoms with Gasteiger partial charge in [0, 0.05) is 0 Å². The number of nitrogens with two attached hydrogens (primary N) is 1. The summed E-state index contributed by atoms with van der Waals surface area (Å²) < 4.78 is 37.4. The van der Waals surface area contributed by atoms with E-state index in [0.29, 0.717) is 0 Å². The number of esters is 1. The van der Waals surface area contributed by atoms with E-state index in [1.54, 1.807) is 0 Å². The normalized spacial score (nSPS) is 10.6. The lowest BCUT2D eigenvalue weighted by atomic mass is 10.2. The van der Waals surface area contributed by atoms with E-state index < -0.39 is 16.0 Å². The van der Waals surface area contributed by atoms with Crippen LogP contribution in [-0.2, 0) is 14.8 Å². The number of hydrogen-bond acceptors (Lipinski definition) is 7. The number of nitrogen functional groups attached to an aromatic ring is 1. The van der Waals surface area contributed by atoms with Gasteiger partial charge in [0.25, 0.3) is 10.0 Å². The Kier molecular flexibility index (Phi) is 5.14. The molecule has 130 valence electrons. The highest BCUT2D eigenvalue weighted by Gasteiger charge is 2.23. The largest absolute Gasteiger partial charge is 0.495 e. The van der Waals surface area contributed by atoms with Crippen LogP contribution < -0.4 is 15.2 Å². The molecule has 0 atom stereocenters. The molecule has 2 rings (SSSR count). The minimum absolute atomic E-state index is 0.0372. The Balaban J connectivity index is 2.53. The second-order valence-corrected chi connectivity index (χ2v) is 6.53. The van der Waals surface area contributed by atoms with Crippen molar-refractivity contribution in [3.63, 3.8) is 0 Å². The van der Waals surface area contributed by atoms with Gasteiger partial charge < -0.3 is 15.2 Å². The van der Waals surface area contributed by atoms with E-state index in [-0.39, 0.29) is 33.1 Å². The molecule has 9 heteroatoms. The van der Waals surface area contributed by atoms with Crippen LogP contribution in [0.3, 0.4) is 0 Å². The zero-order valence-electron chi connectivity index (χ0n) is 13.4. The van der Waals surface area contributed by atoms with E-state index in [1.165, 1.54) is 44.6 Å². The molecule has 0 radical (unpaired) electrons. The Morgan fingerprint density at radius 3 is 2.52 bits per heavy atom. The SMILES string of the molecule is COC(=O)c1ccc(OC)c(S(=O)(=O)Nc2cc(C#N)ccc2N)c1. The van der Waals surface area contributed by atoms with Gasteiger partial charge >= 0.3 is 5.97 Å². The predicted octanol–water partition coefficient (Wildman–Crippen LogP) is 1.74. The number of nitriles is 1. The van der Waals surface area contributed by atoms with Gasteiger partial charge in [0.05, 0.1) is 42.8 Å². The average Bonchev–Trinajstić information content (AvgIpc) is 2.62. The van der Waals surface area contributed by atoms with Gasteiger partial charge in [-0.1, -0.05) is 0 Å². The average molecular weight is 361 g/mol. The van der Waals surface area contributed by atoms with Crippen molar-refractivity contribution in [3.05, 3.63) is 47.5 Å². The molecule has 2 aromatic rings. The van der Waals surface area contributed by atoms with Crippen molar-refractivity contribution >= 4 is 27.4 Å². The fraction of sp³-hybridized carbons (Fsp3) is 0.125. The first-order valence-electron chi connectivity index (χ1n) is 6.91. The number of rotatable bonds is 5. The second kappa shape index (κ2) is 7.11. The van der Waals surface area contributed by atoms with Crippen molar-refractivity contribution in [3.8, 4) is 11.8 Å². The van der Waals surface area contributed by atoms with Crippen molar-refractivity contribution in [1.29, 1.82) is 5.26 Å². The molecule has 0 bridgehead atoms. The quantitative estimate of drug-likeness (QED) is 0.612. The molecule has 3 N–H and O–H groups in total. The van der Waals surface area contributed by atoms with Gasteiger partial charge in [-0.15, -0.1) is 0 Å². The minimum Gasteiger partial charge on any atom is -0.495 e. The highest BCUT2D eigenvalue weighted by atomic mass is 32.2. The van der Waals surface area contributed by atoms with E-state index in [4.69, 9.17) is 15.7 Å². The van der Waals surface area contributed by atoms with Crippen LogP contribution >= 0.6 is 0 Å². The number of nitrogens with one attached hydrogen (secondary N) is 1. The van der Waals surface area contributed by atoms with Gasteiger partial charge in [0.2, 0.25) is 0 Å². The summed E-state index contributed by atoms with van der Waals surface area (Å²) in [5, 5.41) is 8.94. The van der Waals surface area contributed by atoms with Crippen molar-refractivity contribution in [2.24, 2.45) is 0 Å². The summed E-state index contributed by atoms with van der Waals surface area (Å²) in [6.45, 7) is 0. The monoisotopic (exact) mass is 361 g/mol. The lowest BCUT2D eigenvalue weighted by Gasteiger charge is -2.14. The fourth-order valence-electron chi connectivity index (χ4n) is 2.05. The van der Waals surface area contributed by atoms with Crippen LogP contribution in [0.1, 0.15) is 15.9 Å². The van der Waals surface area contributed by atoms with Crippen LogP contribution in [0.25, 0.3) is 0 Å². The van der Waals surface area contributed by atoms with Crippen LogP contribution in [0.4, 0.5) is 11.4 Å². The van der Waals surface area contributed by atoms with Gasteiger partial charge in [0.1, 0.15) is 10.6 Å². The maximum atomic E-state index is 12.7. The molecular weight excluding hydrogens is 346 g/mol. The Labute approximate surface area is 144 Å². The number of ether oxygens (including phenoxy) is 2. The van der Waals surface area contributed by atoms with Crippen LogP contribution in [0.5, 0.6) is 5.75 Å². The fourth-order valence-corrected chi connectivity index (χ4v) is 3.32. The minimum atomic E-state index is -4.14. The summed E-state index contributed by atoms with van der Waals surface area (Å²) in [7, 11) is -1.65. The van der Waals surface area contributed by atoms with E-state index in [9.17, 15) is 13.2 Å². The molecular formula is C16H15N3O5S. The van der Waals surface area contributed by atoms with Crippen LogP contribution in [-0.4, -0.2) is 28.6 Å². The van der Waals surface area contributed by atoms with Crippen LogP contribution in [0, 0.1) is 11.3 Å². The Morgan fingerprint density at radius 1 is 1.20 bits per heavy atom. The zero-order valence-corrected chi connectivity index (χ0v) is 14.3. The number of methoxy groups -OCH3 is 2. The molecule has 0 saturated carbocycles. The third-order valence-corrected chi connectivity index (χ3v) is 4.69. The van der Waals surface area contributed by atoms with Gasteiger partial charge in [-0.3, -0.25) is 4.72 Å². The molecule has 0 saturated heterocycles. The molecule has 0 spiro atoms. The van der Waals surface area contributed by atoms with Gasteiger partial charge in [-0.2, -0.15) is 5.26 Å². The van der Waals surface area contributed by atoms with Gasteiger partial charge in [-0.05, 0) is 36.4 Å². The van der Waals surface area contributed by atoms with Crippen LogP contribution in [0.2, 0.25) is 0 Å². The molecule has 0 amide bonds. The summed E-state index contributed by atoms with van der Waals surface area (Å²) in [5.41, 5.74) is 6.23. The number of hydrogen-bond donors (Lipinski definition) is 2. The molecule has 0 aliphatic carbocycles. The Morgan fingerprint density at radius 2 is 1.92 bits per heavy atom. The van der Waals surface area contributed by atoms with E-state index in [1.807, 2.05) is 6.07 Å². The molecule has 0 heterocycles. The lowest BCUT2D eigenvalue weighted by molar-refractivity contribution is 0.0600. The van der Waals surface area contributed by atoms with E-state index >= 15 is 0 Å². The van der Waals surface area contributed by atoms with Crippen LogP contribution in [0.15, 0.2) is 41.3 Å². The molecule has 0 aliphatic heterocycles. The smallest absolute Gasteiger partial charge is 0.337 e. The van der Waals surface area contributed by atoms with Crippen molar-refractivity contribution in [2.75, 3.05) is 24.7 Å². The summed E-state index contributed by atoms with van der Waals surface area (Å²) in [6.07, 6.45) is 0. The van der Waals surface area contributed by atoms with E-state index in [2.05, 4.69) is 9.46 Å². The molecule has 0 aromatic heterocycles. The number of carbonyl (C=O) groups excluding carboxylic acids is 1. The summed E-state index contributed by atoms with van der Waals surface area (Å²) in [6, 6.07) is 9.95. The molecule has 0 unspecified atom stereocenters. The van der Waals surface area contributed by atoms with E-state index in [0.717, 1.165) is 6.07 Å². The summed E-state index contributed by atoms with van der Waals surface area (Å²) in [5.74, 6) is -0.653. The standard InChI is InChI=1S/C16H15N3O5S/c1-23-14-6-4-11(16(20)24-2)8-15(14)25(21,22)19-13-7-10(9-17)3-5-12(13)18/h3-8,19H,18H2,1-2H3. The van der Waals surface area contributed by atoms with Crippen molar-refractivity contribution in [2.45, 2.75) is 4.90 Å². The number of nitrogens with zero attached hydrogens (tertiary/aromatic N) is 1. The van der Waals surface area contributed by atoms with Crippen molar-refractivity contribution in [1.82, 2.24) is 0 Å². The number of benzene rings is 2.